The normalized spacial score (nSPS) is 14.3. The molecule has 156 valence electrons. The molecule has 1 aliphatic heterocycles. The second kappa shape index (κ2) is 8.50. The number of carbonyl (C=O) groups is 1. The molecule has 0 unspecified atom stereocenters. The largest absolute Gasteiger partial charge is 0.368 e. The number of anilines is 1. The molecule has 4 nitrogen and oxygen atoms in total. The van der Waals surface area contributed by atoms with Crippen LogP contribution in [0.5, 0.6) is 0 Å². The molecule has 5 rings (SSSR count). The molecule has 31 heavy (non-hydrogen) atoms. The Kier molecular flexibility index (Phi) is 5.57. The minimum atomic E-state index is 0.0401. The third-order valence-corrected chi connectivity index (χ3v) is 7.04. The Balaban J connectivity index is 1.42. The number of benzene rings is 2. The summed E-state index contributed by atoms with van der Waals surface area (Å²) in [5.74, 6) is 0.0401. The molecule has 0 radical (unpaired) electrons. The van der Waals surface area contributed by atoms with Gasteiger partial charge in [-0.25, -0.2) is 4.98 Å². The van der Waals surface area contributed by atoms with Gasteiger partial charge < -0.3 is 9.80 Å². The van der Waals surface area contributed by atoms with E-state index in [-0.39, 0.29) is 5.91 Å². The average Bonchev–Trinajstić information content (AvgIpc) is 3.25. The number of carbonyl (C=O) groups excluding carboxylic acids is 1. The van der Waals surface area contributed by atoms with Crippen LogP contribution >= 0.6 is 34.5 Å². The zero-order valence-corrected chi connectivity index (χ0v) is 18.9. The minimum absolute atomic E-state index is 0.0401. The van der Waals surface area contributed by atoms with Crippen molar-refractivity contribution in [3.05, 3.63) is 81.7 Å². The Bertz CT molecular complexity index is 1250. The van der Waals surface area contributed by atoms with E-state index in [2.05, 4.69) is 4.90 Å². The Morgan fingerprint density at radius 1 is 0.903 bits per heavy atom. The number of hydrogen-bond donors (Lipinski definition) is 0. The molecule has 0 bridgehead atoms. The van der Waals surface area contributed by atoms with Gasteiger partial charge in [0.25, 0.3) is 5.91 Å². The quantitative estimate of drug-likeness (QED) is 0.358. The first-order valence-electron chi connectivity index (χ1n) is 10.0. The summed E-state index contributed by atoms with van der Waals surface area (Å²) in [5, 5.41) is 1.60. The molecule has 1 fully saturated rings. The fraction of sp³-hybridized carbons (Fsp3) is 0.167. The van der Waals surface area contributed by atoms with Crippen LogP contribution in [-0.2, 0) is 0 Å². The van der Waals surface area contributed by atoms with Crippen molar-refractivity contribution in [3.63, 3.8) is 0 Å². The van der Waals surface area contributed by atoms with E-state index in [9.17, 15) is 4.79 Å². The van der Waals surface area contributed by atoms with Gasteiger partial charge in [-0.05, 0) is 48.5 Å². The van der Waals surface area contributed by atoms with Crippen LogP contribution in [0, 0.1) is 0 Å². The summed E-state index contributed by atoms with van der Waals surface area (Å²) < 4.78 is 0.705. The van der Waals surface area contributed by atoms with Gasteiger partial charge in [0.2, 0.25) is 0 Å². The van der Waals surface area contributed by atoms with Crippen molar-refractivity contribution < 1.29 is 4.79 Å². The molecule has 7 heteroatoms. The third-order valence-electron chi connectivity index (χ3n) is 5.53. The van der Waals surface area contributed by atoms with Gasteiger partial charge in [0, 0.05) is 42.3 Å². The lowest BCUT2D eigenvalue weighted by atomic mass is 10.1. The molecule has 2 aromatic carbocycles. The van der Waals surface area contributed by atoms with E-state index in [0.717, 1.165) is 45.3 Å². The predicted molar refractivity (Wildman–Crippen MR) is 130 cm³/mol. The predicted octanol–water partition coefficient (Wildman–Crippen LogP) is 6.23. The fourth-order valence-corrected chi connectivity index (χ4v) is 5.05. The molecule has 3 heterocycles. The monoisotopic (exact) mass is 467 g/mol. The highest BCUT2D eigenvalue weighted by molar-refractivity contribution is 7.19. The van der Waals surface area contributed by atoms with Gasteiger partial charge in [0.1, 0.15) is 0 Å². The molecule has 0 spiro atoms. The van der Waals surface area contributed by atoms with Crippen LogP contribution in [0.1, 0.15) is 10.4 Å². The second-order valence-electron chi connectivity index (χ2n) is 7.43. The van der Waals surface area contributed by atoms with E-state index in [1.165, 1.54) is 11.3 Å². The van der Waals surface area contributed by atoms with Gasteiger partial charge in [0.15, 0.2) is 0 Å². The lowest BCUT2D eigenvalue weighted by Gasteiger charge is -2.36. The van der Waals surface area contributed by atoms with E-state index in [1.54, 1.807) is 0 Å². The number of hydrogen-bond acceptors (Lipinski definition) is 4. The van der Waals surface area contributed by atoms with Gasteiger partial charge in [-0.3, -0.25) is 4.79 Å². The Hall–Kier alpha value is -2.60. The number of rotatable bonds is 3. The van der Waals surface area contributed by atoms with Gasteiger partial charge in [0.05, 0.1) is 26.0 Å². The highest BCUT2D eigenvalue weighted by Gasteiger charge is 2.24. The number of pyridine rings is 1. The molecule has 1 amide bonds. The van der Waals surface area contributed by atoms with Crippen molar-refractivity contribution in [1.29, 1.82) is 0 Å². The lowest BCUT2D eigenvalue weighted by molar-refractivity contribution is 0.0748. The molecule has 0 saturated carbocycles. The maximum atomic E-state index is 13.5. The van der Waals surface area contributed by atoms with Crippen molar-refractivity contribution >= 4 is 57.0 Å². The average molecular weight is 468 g/mol. The van der Waals surface area contributed by atoms with Gasteiger partial charge in [-0.1, -0.05) is 41.4 Å². The van der Waals surface area contributed by atoms with Crippen molar-refractivity contribution in [1.82, 2.24) is 9.88 Å². The summed E-state index contributed by atoms with van der Waals surface area (Å²) in [6, 6.07) is 21.3. The number of piperazine rings is 1. The number of para-hydroxylation sites is 1. The zero-order valence-electron chi connectivity index (χ0n) is 16.6. The smallest absolute Gasteiger partial charge is 0.254 e. The molecule has 0 aliphatic carbocycles. The standard InChI is InChI=1S/C24H19Cl2N3OS/c25-16-5-7-17(8-6-16)28-11-13-29(14-12-28)24(30)19-15-21(22-9-10-23(26)31-22)27-20-4-2-1-3-18(19)20/h1-10,15H,11-14H2. The summed E-state index contributed by atoms with van der Waals surface area (Å²) in [4.78, 5) is 23.5. The topological polar surface area (TPSA) is 36.4 Å². The minimum Gasteiger partial charge on any atom is -0.368 e. The van der Waals surface area contributed by atoms with Crippen molar-refractivity contribution in [3.8, 4) is 10.6 Å². The van der Waals surface area contributed by atoms with Crippen LogP contribution in [0.15, 0.2) is 66.7 Å². The highest BCUT2D eigenvalue weighted by atomic mass is 35.5. The number of thiophene rings is 1. The van der Waals surface area contributed by atoms with E-state index < -0.39 is 0 Å². The van der Waals surface area contributed by atoms with Crippen molar-refractivity contribution in [2.45, 2.75) is 0 Å². The third kappa shape index (κ3) is 4.13. The van der Waals surface area contributed by atoms with Crippen molar-refractivity contribution in [2.75, 3.05) is 31.1 Å². The molecule has 0 N–H and O–H groups in total. The summed E-state index contributed by atoms with van der Waals surface area (Å²) in [5.41, 5.74) is 3.40. The lowest BCUT2D eigenvalue weighted by Crippen LogP contribution is -2.48. The molecular weight excluding hydrogens is 449 g/mol. The van der Waals surface area contributed by atoms with E-state index in [1.807, 2.05) is 71.6 Å². The Morgan fingerprint density at radius 2 is 1.65 bits per heavy atom. The van der Waals surface area contributed by atoms with Crippen LogP contribution in [0.4, 0.5) is 5.69 Å². The molecule has 1 aliphatic rings. The molecule has 0 atom stereocenters. The number of fused-ring (bicyclic) bond motifs is 1. The summed E-state index contributed by atoms with van der Waals surface area (Å²) in [7, 11) is 0. The number of aromatic nitrogens is 1. The van der Waals surface area contributed by atoms with E-state index >= 15 is 0 Å². The zero-order chi connectivity index (χ0) is 21.4. The molecule has 2 aromatic heterocycles. The first-order chi connectivity index (χ1) is 15.1. The first-order valence-corrected chi connectivity index (χ1v) is 11.6. The number of nitrogens with zero attached hydrogens (tertiary/aromatic N) is 3. The van der Waals surface area contributed by atoms with Crippen LogP contribution in [0.25, 0.3) is 21.5 Å². The van der Waals surface area contributed by atoms with E-state index in [0.29, 0.717) is 23.0 Å². The van der Waals surface area contributed by atoms with Crippen molar-refractivity contribution in [2.24, 2.45) is 0 Å². The van der Waals surface area contributed by atoms with Crippen LogP contribution in [-0.4, -0.2) is 42.0 Å². The highest BCUT2D eigenvalue weighted by Crippen LogP contribution is 2.33. The van der Waals surface area contributed by atoms with Gasteiger partial charge in [-0.15, -0.1) is 11.3 Å². The Morgan fingerprint density at radius 3 is 2.35 bits per heavy atom. The summed E-state index contributed by atoms with van der Waals surface area (Å²) >= 11 is 13.6. The molecule has 4 aromatic rings. The fourth-order valence-electron chi connectivity index (χ4n) is 3.92. The summed E-state index contributed by atoms with van der Waals surface area (Å²) in [6.07, 6.45) is 0. The van der Waals surface area contributed by atoms with Crippen LogP contribution < -0.4 is 4.90 Å². The number of halogens is 2. The number of amides is 1. The van der Waals surface area contributed by atoms with Gasteiger partial charge in [-0.2, -0.15) is 0 Å². The van der Waals surface area contributed by atoms with E-state index in [4.69, 9.17) is 28.2 Å². The second-order valence-corrected chi connectivity index (χ2v) is 9.58. The van der Waals surface area contributed by atoms with Crippen LogP contribution in [0.3, 0.4) is 0 Å². The first kappa shape index (κ1) is 20.3. The summed E-state index contributed by atoms with van der Waals surface area (Å²) in [6.45, 7) is 2.89. The van der Waals surface area contributed by atoms with Crippen LogP contribution in [0.2, 0.25) is 9.36 Å². The maximum absolute atomic E-state index is 13.5. The van der Waals surface area contributed by atoms with Gasteiger partial charge >= 0.3 is 0 Å². The molecule has 1 saturated heterocycles. The maximum Gasteiger partial charge on any atom is 0.254 e. The molecular formula is C24H19Cl2N3OS. The Labute approximate surface area is 194 Å². The SMILES string of the molecule is O=C(c1cc(-c2ccc(Cl)s2)nc2ccccc12)N1CCN(c2ccc(Cl)cc2)CC1.